The lowest BCUT2D eigenvalue weighted by atomic mass is 9.90. The minimum absolute atomic E-state index is 0.0919. The molecule has 1 aromatic heterocycles. The molecule has 0 spiro atoms. The van der Waals surface area contributed by atoms with Gasteiger partial charge in [-0.3, -0.25) is 4.79 Å². The molecular formula is C18H24N2O3. The fraction of sp³-hybridized carbons (Fsp3) is 0.444. The molecule has 0 saturated heterocycles. The van der Waals surface area contributed by atoms with E-state index in [2.05, 4.69) is 17.2 Å². The molecule has 0 radical (unpaired) electrons. The summed E-state index contributed by atoms with van der Waals surface area (Å²) in [6.45, 7) is 8.31. The van der Waals surface area contributed by atoms with Crippen LogP contribution in [-0.2, 0) is 19.9 Å². The van der Waals surface area contributed by atoms with Crippen LogP contribution in [0.25, 0.3) is 11.1 Å². The van der Waals surface area contributed by atoms with E-state index in [1.54, 1.807) is 7.05 Å². The van der Waals surface area contributed by atoms with Crippen molar-refractivity contribution in [3.05, 3.63) is 39.2 Å². The summed E-state index contributed by atoms with van der Waals surface area (Å²) in [7, 11) is 1.57. The second kappa shape index (κ2) is 6.86. The van der Waals surface area contributed by atoms with Crippen LogP contribution < -0.4 is 10.3 Å². The van der Waals surface area contributed by atoms with Crippen molar-refractivity contribution in [1.82, 2.24) is 9.78 Å². The summed E-state index contributed by atoms with van der Waals surface area (Å²) in [4.78, 5) is 12.7. The molecule has 1 N–H and O–H groups in total. The zero-order valence-corrected chi connectivity index (χ0v) is 14.4. The Morgan fingerprint density at radius 2 is 1.70 bits per heavy atom. The molecule has 5 heteroatoms. The fourth-order valence-electron chi connectivity index (χ4n) is 2.88. The van der Waals surface area contributed by atoms with Crippen LogP contribution in [0, 0.1) is 6.92 Å². The van der Waals surface area contributed by atoms with Crippen LogP contribution in [0.3, 0.4) is 0 Å². The van der Waals surface area contributed by atoms with Crippen molar-refractivity contribution in [3.8, 4) is 22.8 Å². The van der Waals surface area contributed by atoms with E-state index in [4.69, 9.17) is 4.74 Å². The van der Waals surface area contributed by atoms with E-state index in [1.807, 2.05) is 27.7 Å². The maximum Gasteiger partial charge on any atom is 0.278 e. The van der Waals surface area contributed by atoms with E-state index in [-0.39, 0.29) is 22.8 Å². The van der Waals surface area contributed by atoms with Gasteiger partial charge in [0.25, 0.3) is 11.4 Å². The molecule has 2 aromatic rings. The predicted octanol–water partition coefficient (Wildman–Crippen LogP) is 2.98. The predicted molar refractivity (Wildman–Crippen MR) is 91.2 cm³/mol. The van der Waals surface area contributed by atoms with E-state index in [1.165, 1.54) is 4.68 Å². The first-order chi connectivity index (χ1) is 10.9. The Labute approximate surface area is 136 Å². The monoisotopic (exact) mass is 316 g/mol. The molecule has 1 heterocycles. The van der Waals surface area contributed by atoms with Crippen LogP contribution in [0.15, 0.2) is 16.9 Å². The summed E-state index contributed by atoms with van der Waals surface area (Å²) >= 11 is 0. The lowest BCUT2D eigenvalue weighted by Crippen LogP contribution is -2.23. The Hall–Kier alpha value is -2.30. The largest absolute Gasteiger partial charge is 0.502 e. The third-order valence-electron chi connectivity index (χ3n) is 3.93. The van der Waals surface area contributed by atoms with Gasteiger partial charge in [0.1, 0.15) is 0 Å². The van der Waals surface area contributed by atoms with Crippen molar-refractivity contribution in [2.45, 2.75) is 40.5 Å². The zero-order valence-electron chi connectivity index (χ0n) is 14.4. The van der Waals surface area contributed by atoms with Gasteiger partial charge in [-0.25, -0.2) is 4.68 Å². The second-order valence-corrected chi connectivity index (χ2v) is 5.56. The summed E-state index contributed by atoms with van der Waals surface area (Å²) < 4.78 is 6.61. The van der Waals surface area contributed by atoms with Crippen molar-refractivity contribution in [3.63, 3.8) is 0 Å². The molecule has 0 bridgehead atoms. The van der Waals surface area contributed by atoms with Crippen LogP contribution in [-0.4, -0.2) is 21.5 Å². The van der Waals surface area contributed by atoms with Gasteiger partial charge in [-0.2, -0.15) is 0 Å². The number of aromatic hydroxyl groups is 1. The molecule has 1 aromatic carbocycles. The van der Waals surface area contributed by atoms with Gasteiger partial charge in [-0.05, 0) is 43.4 Å². The first kappa shape index (κ1) is 17.1. The maximum absolute atomic E-state index is 12.7. The van der Waals surface area contributed by atoms with Gasteiger partial charge >= 0.3 is 0 Å². The number of hydrogen-bond acceptors (Lipinski definition) is 4. The second-order valence-electron chi connectivity index (χ2n) is 5.56. The van der Waals surface area contributed by atoms with Gasteiger partial charge in [-0.1, -0.05) is 31.5 Å². The highest BCUT2D eigenvalue weighted by atomic mass is 16.5. The van der Waals surface area contributed by atoms with Gasteiger partial charge in [0, 0.05) is 7.05 Å². The number of rotatable bonds is 5. The first-order valence-corrected chi connectivity index (χ1v) is 8.00. The Bertz CT molecular complexity index is 754. The summed E-state index contributed by atoms with van der Waals surface area (Å²) in [5.41, 5.74) is 4.00. The lowest BCUT2D eigenvalue weighted by Gasteiger charge is -2.17. The van der Waals surface area contributed by atoms with Gasteiger partial charge in [0.05, 0.1) is 12.2 Å². The molecule has 0 aliphatic rings. The Balaban J connectivity index is 2.89. The number of aryl methyl sites for hydroxylation is 4. The lowest BCUT2D eigenvalue weighted by molar-refractivity contribution is 0.294. The molecule has 23 heavy (non-hydrogen) atoms. The van der Waals surface area contributed by atoms with Crippen molar-refractivity contribution in [1.29, 1.82) is 0 Å². The third kappa shape index (κ3) is 3.09. The number of aromatic nitrogens is 2. The molecule has 0 unspecified atom stereocenters. The summed E-state index contributed by atoms with van der Waals surface area (Å²) in [6.07, 6.45) is 1.55. The van der Waals surface area contributed by atoms with E-state index in [0.717, 1.165) is 35.1 Å². The minimum Gasteiger partial charge on any atom is -0.502 e. The highest BCUT2D eigenvalue weighted by Crippen LogP contribution is 2.37. The quantitative estimate of drug-likeness (QED) is 0.921. The molecule has 0 amide bonds. The van der Waals surface area contributed by atoms with Gasteiger partial charge < -0.3 is 9.84 Å². The molecule has 0 fully saturated rings. The van der Waals surface area contributed by atoms with E-state index >= 15 is 0 Å². The van der Waals surface area contributed by atoms with Gasteiger partial charge in [0.2, 0.25) is 0 Å². The van der Waals surface area contributed by atoms with Crippen LogP contribution >= 0.6 is 0 Å². The van der Waals surface area contributed by atoms with Crippen LogP contribution in [0.4, 0.5) is 0 Å². The highest BCUT2D eigenvalue weighted by Gasteiger charge is 2.22. The van der Waals surface area contributed by atoms with E-state index in [9.17, 15) is 9.90 Å². The van der Waals surface area contributed by atoms with Crippen molar-refractivity contribution in [2.24, 2.45) is 7.05 Å². The number of nitrogens with zero attached hydrogens (tertiary/aromatic N) is 2. The van der Waals surface area contributed by atoms with Crippen molar-refractivity contribution < 1.29 is 9.84 Å². The molecule has 5 nitrogen and oxygen atoms in total. The van der Waals surface area contributed by atoms with Crippen LogP contribution in [0.1, 0.15) is 37.5 Å². The molecule has 2 rings (SSSR count). The SMILES string of the molecule is CCOc1nn(C)c(=O)c(-c2c(CC)cc(C)cc2CC)c1O. The average molecular weight is 316 g/mol. The summed E-state index contributed by atoms with van der Waals surface area (Å²) in [6, 6.07) is 4.13. The van der Waals surface area contributed by atoms with Gasteiger partial charge in [-0.15, -0.1) is 5.10 Å². The topological polar surface area (TPSA) is 64.4 Å². The summed E-state index contributed by atoms with van der Waals surface area (Å²) in [5, 5.41) is 14.6. The third-order valence-corrected chi connectivity index (χ3v) is 3.93. The Morgan fingerprint density at radius 3 is 2.17 bits per heavy atom. The fourth-order valence-corrected chi connectivity index (χ4v) is 2.88. The Kier molecular flexibility index (Phi) is 5.08. The number of benzene rings is 1. The normalized spacial score (nSPS) is 10.8. The molecule has 124 valence electrons. The average Bonchev–Trinajstić information content (AvgIpc) is 2.53. The molecule has 0 saturated carbocycles. The molecule has 0 aliphatic carbocycles. The number of ether oxygens (including phenoxy) is 1. The van der Waals surface area contributed by atoms with Crippen LogP contribution in [0.5, 0.6) is 11.6 Å². The van der Waals surface area contributed by atoms with E-state index in [0.29, 0.717) is 6.61 Å². The van der Waals surface area contributed by atoms with Crippen LogP contribution in [0.2, 0.25) is 0 Å². The minimum atomic E-state index is -0.320. The molecular weight excluding hydrogens is 292 g/mol. The highest BCUT2D eigenvalue weighted by molar-refractivity contribution is 5.77. The van der Waals surface area contributed by atoms with Crippen molar-refractivity contribution >= 4 is 0 Å². The molecule has 0 atom stereocenters. The standard InChI is InChI=1S/C18H24N2O3/c1-6-12-9-11(4)10-13(7-2)14(12)15-16(21)17(23-8-3)19-20(5)18(15)22/h9-10,21H,6-8H2,1-5H3. The number of hydrogen-bond donors (Lipinski definition) is 1. The molecule has 0 aliphatic heterocycles. The Morgan fingerprint density at radius 1 is 1.13 bits per heavy atom. The first-order valence-electron chi connectivity index (χ1n) is 8.00. The maximum atomic E-state index is 12.7. The zero-order chi connectivity index (χ0) is 17.1. The smallest absolute Gasteiger partial charge is 0.278 e. The van der Waals surface area contributed by atoms with Gasteiger partial charge in [0.15, 0.2) is 5.75 Å². The van der Waals surface area contributed by atoms with Crippen molar-refractivity contribution in [2.75, 3.05) is 6.61 Å². The summed E-state index contributed by atoms with van der Waals surface area (Å²) in [5.74, 6) is -0.0857. The van der Waals surface area contributed by atoms with E-state index < -0.39 is 0 Å².